The monoisotopic (exact) mass is 257 g/mol. The number of Topliss-reactive ketones (excluding diaryl/α,β-unsaturated/α-hetero) is 1. The Labute approximate surface area is 108 Å². The minimum absolute atomic E-state index is 0.0989. The van der Waals surface area contributed by atoms with Crippen LogP contribution in [0.15, 0.2) is 0 Å². The molecule has 1 saturated heterocycles. The number of carbonyl (C=O) groups is 2. The van der Waals surface area contributed by atoms with Crippen LogP contribution in [0.25, 0.3) is 0 Å². The third-order valence-corrected chi connectivity index (χ3v) is 3.17. The molecule has 0 aromatic heterocycles. The van der Waals surface area contributed by atoms with Crippen molar-refractivity contribution in [3.63, 3.8) is 0 Å². The van der Waals surface area contributed by atoms with Crippen LogP contribution >= 0.6 is 0 Å². The van der Waals surface area contributed by atoms with Gasteiger partial charge in [0.15, 0.2) is 0 Å². The zero-order valence-corrected chi connectivity index (χ0v) is 11.7. The van der Waals surface area contributed by atoms with Crippen LogP contribution in [0.1, 0.15) is 40.5 Å². The van der Waals surface area contributed by atoms with Crippen LogP contribution in [0.5, 0.6) is 0 Å². The minimum Gasteiger partial charge on any atom is -0.444 e. The molecule has 1 heterocycles. The SMILES string of the molecule is CC(=O)C1(CNC(=O)OC(C)(C)C)CCOCC1. The molecule has 5 heteroatoms. The number of hydrogen-bond donors (Lipinski definition) is 1. The fourth-order valence-corrected chi connectivity index (χ4v) is 1.97. The van der Waals surface area contributed by atoms with Gasteiger partial charge >= 0.3 is 6.09 Å². The fourth-order valence-electron chi connectivity index (χ4n) is 1.97. The summed E-state index contributed by atoms with van der Waals surface area (Å²) in [4.78, 5) is 23.4. The van der Waals surface area contributed by atoms with Crippen molar-refractivity contribution < 1.29 is 19.1 Å². The summed E-state index contributed by atoms with van der Waals surface area (Å²) in [5.74, 6) is 0.0989. The molecule has 0 bridgehead atoms. The number of hydrogen-bond acceptors (Lipinski definition) is 4. The quantitative estimate of drug-likeness (QED) is 0.838. The first-order valence-corrected chi connectivity index (χ1v) is 6.31. The lowest BCUT2D eigenvalue weighted by molar-refractivity contribution is -0.131. The van der Waals surface area contributed by atoms with Gasteiger partial charge in [0.2, 0.25) is 0 Å². The van der Waals surface area contributed by atoms with Gasteiger partial charge in [-0.15, -0.1) is 0 Å². The van der Waals surface area contributed by atoms with Crippen LogP contribution in [-0.4, -0.2) is 37.2 Å². The van der Waals surface area contributed by atoms with E-state index in [1.165, 1.54) is 0 Å². The molecule has 0 unspecified atom stereocenters. The average Bonchev–Trinajstić information content (AvgIpc) is 2.25. The maximum Gasteiger partial charge on any atom is 0.407 e. The van der Waals surface area contributed by atoms with Crippen LogP contribution < -0.4 is 5.32 Å². The molecule has 1 rings (SSSR count). The van der Waals surface area contributed by atoms with Gasteiger partial charge in [0.1, 0.15) is 11.4 Å². The minimum atomic E-state index is -0.525. The van der Waals surface area contributed by atoms with E-state index in [4.69, 9.17) is 9.47 Å². The standard InChI is InChI=1S/C13H23NO4/c1-10(15)13(5-7-17-8-6-13)9-14-11(16)18-12(2,3)4/h5-9H2,1-4H3,(H,14,16). The van der Waals surface area contributed by atoms with Crippen LogP contribution in [0.4, 0.5) is 4.79 Å². The summed E-state index contributed by atoms with van der Waals surface area (Å²) in [6, 6.07) is 0. The highest BCUT2D eigenvalue weighted by atomic mass is 16.6. The smallest absolute Gasteiger partial charge is 0.407 e. The first-order chi connectivity index (χ1) is 8.25. The Bertz CT molecular complexity index is 313. The van der Waals surface area contributed by atoms with Gasteiger partial charge in [0.05, 0.1) is 5.41 Å². The Balaban J connectivity index is 2.53. The largest absolute Gasteiger partial charge is 0.444 e. The Morgan fingerprint density at radius 1 is 1.28 bits per heavy atom. The summed E-state index contributed by atoms with van der Waals surface area (Å²) in [6.45, 7) is 8.44. The Morgan fingerprint density at radius 3 is 2.28 bits per heavy atom. The zero-order valence-electron chi connectivity index (χ0n) is 11.7. The normalized spacial score (nSPS) is 19.1. The van der Waals surface area contributed by atoms with Crippen LogP contribution in [-0.2, 0) is 14.3 Å². The van der Waals surface area contributed by atoms with Gasteiger partial charge in [-0.2, -0.15) is 0 Å². The maximum atomic E-state index is 11.8. The van der Waals surface area contributed by atoms with Crippen molar-refractivity contribution in [3.05, 3.63) is 0 Å². The van der Waals surface area contributed by atoms with E-state index in [-0.39, 0.29) is 5.78 Å². The number of nitrogens with one attached hydrogen (secondary N) is 1. The molecule has 1 aliphatic heterocycles. The number of rotatable bonds is 3. The molecule has 0 aromatic rings. The number of amides is 1. The molecule has 0 aliphatic carbocycles. The first kappa shape index (κ1) is 15.0. The number of ether oxygens (including phenoxy) is 2. The lowest BCUT2D eigenvalue weighted by atomic mass is 9.77. The van der Waals surface area contributed by atoms with Crippen LogP contribution in [0.3, 0.4) is 0 Å². The number of ketones is 1. The molecular weight excluding hydrogens is 234 g/mol. The summed E-state index contributed by atoms with van der Waals surface area (Å²) in [6.07, 6.45) is 0.825. The van der Waals surface area contributed by atoms with E-state index < -0.39 is 17.1 Å². The van der Waals surface area contributed by atoms with Crippen molar-refractivity contribution in [2.24, 2.45) is 5.41 Å². The van der Waals surface area contributed by atoms with E-state index in [9.17, 15) is 9.59 Å². The lowest BCUT2D eigenvalue weighted by Gasteiger charge is -2.35. The summed E-state index contributed by atoms with van der Waals surface area (Å²) in [7, 11) is 0. The van der Waals surface area contributed by atoms with Crippen LogP contribution in [0, 0.1) is 5.41 Å². The van der Waals surface area contributed by atoms with Gasteiger partial charge in [0, 0.05) is 19.8 Å². The summed E-state index contributed by atoms with van der Waals surface area (Å²) < 4.78 is 10.4. The zero-order chi connectivity index (χ0) is 13.8. The molecule has 0 spiro atoms. The highest BCUT2D eigenvalue weighted by Gasteiger charge is 2.37. The summed E-state index contributed by atoms with van der Waals surface area (Å²) >= 11 is 0. The molecule has 18 heavy (non-hydrogen) atoms. The van der Waals surface area contributed by atoms with E-state index in [0.717, 1.165) is 0 Å². The van der Waals surface area contributed by atoms with Gasteiger partial charge in [-0.25, -0.2) is 4.79 Å². The topological polar surface area (TPSA) is 64.6 Å². The Hall–Kier alpha value is -1.10. The van der Waals surface area contributed by atoms with Crippen molar-refractivity contribution in [1.29, 1.82) is 0 Å². The number of alkyl carbamates (subject to hydrolysis) is 1. The first-order valence-electron chi connectivity index (χ1n) is 6.31. The second kappa shape index (κ2) is 5.69. The molecule has 1 N–H and O–H groups in total. The summed E-state index contributed by atoms with van der Waals surface area (Å²) in [5.41, 5.74) is -1.02. The van der Waals surface area contributed by atoms with E-state index in [2.05, 4.69) is 5.32 Å². The van der Waals surface area contributed by atoms with Gasteiger partial charge in [-0.05, 0) is 40.5 Å². The molecule has 104 valence electrons. The Kier molecular flexibility index (Phi) is 4.73. The lowest BCUT2D eigenvalue weighted by Crippen LogP contribution is -2.46. The molecule has 0 saturated carbocycles. The van der Waals surface area contributed by atoms with Crippen LogP contribution in [0.2, 0.25) is 0 Å². The predicted molar refractivity (Wildman–Crippen MR) is 67.4 cm³/mol. The highest BCUT2D eigenvalue weighted by Crippen LogP contribution is 2.30. The summed E-state index contributed by atoms with van der Waals surface area (Å²) in [5, 5.41) is 2.69. The highest BCUT2D eigenvalue weighted by molar-refractivity contribution is 5.83. The van der Waals surface area contributed by atoms with E-state index in [1.54, 1.807) is 6.92 Å². The molecular formula is C13H23NO4. The van der Waals surface area contributed by atoms with Crippen molar-refractivity contribution in [2.75, 3.05) is 19.8 Å². The van der Waals surface area contributed by atoms with Gasteiger partial charge in [0.25, 0.3) is 0 Å². The third kappa shape index (κ3) is 4.29. The molecule has 1 amide bonds. The van der Waals surface area contributed by atoms with Crippen molar-refractivity contribution in [3.8, 4) is 0 Å². The Morgan fingerprint density at radius 2 is 1.83 bits per heavy atom. The van der Waals surface area contributed by atoms with E-state index >= 15 is 0 Å². The molecule has 0 radical (unpaired) electrons. The number of carbonyl (C=O) groups excluding carboxylic acids is 2. The molecule has 5 nitrogen and oxygen atoms in total. The van der Waals surface area contributed by atoms with E-state index in [0.29, 0.717) is 32.6 Å². The second-order valence-corrected chi connectivity index (χ2v) is 5.80. The molecule has 0 aromatic carbocycles. The maximum absolute atomic E-state index is 11.8. The fraction of sp³-hybridized carbons (Fsp3) is 0.846. The van der Waals surface area contributed by atoms with E-state index in [1.807, 2.05) is 20.8 Å². The molecule has 0 atom stereocenters. The molecule has 1 aliphatic rings. The van der Waals surface area contributed by atoms with Gasteiger partial charge in [-0.3, -0.25) is 4.79 Å². The van der Waals surface area contributed by atoms with Gasteiger partial charge < -0.3 is 14.8 Å². The predicted octanol–water partition coefficient (Wildman–Crippen LogP) is 1.90. The third-order valence-electron chi connectivity index (χ3n) is 3.17. The molecule has 1 fully saturated rings. The van der Waals surface area contributed by atoms with Gasteiger partial charge in [-0.1, -0.05) is 0 Å². The van der Waals surface area contributed by atoms with Crippen molar-refractivity contribution >= 4 is 11.9 Å². The second-order valence-electron chi connectivity index (χ2n) is 5.80. The van der Waals surface area contributed by atoms with Crippen molar-refractivity contribution in [1.82, 2.24) is 5.32 Å². The van der Waals surface area contributed by atoms with Crippen molar-refractivity contribution in [2.45, 2.75) is 46.1 Å². The average molecular weight is 257 g/mol.